The van der Waals surface area contributed by atoms with E-state index in [1.54, 1.807) is 6.92 Å². The van der Waals surface area contributed by atoms with Crippen molar-refractivity contribution < 1.29 is 39.9 Å². The Hall–Kier alpha value is -0.598. The van der Waals surface area contributed by atoms with Gasteiger partial charge in [0.05, 0.1) is 11.5 Å². The van der Waals surface area contributed by atoms with Gasteiger partial charge in [-0.25, -0.2) is 4.79 Å². The number of carbonyl (C=O) groups excluding carboxylic acids is 1. The zero-order valence-corrected chi connectivity index (χ0v) is 10.3. The van der Waals surface area contributed by atoms with Crippen molar-refractivity contribution in [3.63, 3.8) is 0 Å². The van der Waals surface area contributed by atoms with Crippen LogP contribution in [0.15, 0.2) is 0 Å². The number of carboxylic acids is 1. The normalized spacial score (nSPS) is 39.4. The summed E-state index contributed by atoms with van der Waals surface area (Å²) in [5.74, 6) is -1.12. The molecule has 1 aliphatic heterocycles. The maximum Gasteiger partial charge on any atom is 0.408 e. The van der Waals surface area contributed by atoms with Gasteiger partial charge in [-0.2, -0.15) is 0 Å². The first-order valence-electron chi connectivity index (χ1n) is 4.25. The summed E-state index contributed by atoms with van der Waals surface area (Å²) in [5.41, 5.74) is -0.403. The average molecular weight is 371 g/mol. The van der Waals surface area contributed by atoms with Crippen LogP contribution in [0.1, 0.15) is 19.8 Å². The van der Waals surface area contributed by atoms with E-state index in [0.29, 0.717) is 12.8 Å². The van der Waals surface area contributed by atoms with Crippen LogP contribution in [0.2, 0.25) is 0 Å². The van der Waals surface area contributed by atoms with E-state index in [0.717, 1.165) is 0 Å². The van der Waals surface area contributed by atoms with E-state index in [9.17, 15) is 9.59 Å². The number of amides is 1. The van der Waals surface area contributed by atoms with Gasteiger partial charge < -0.3 is 15.2 Å². The van der Waals surface area contributed by atoms with Gasteiger partial charge in [-0.3, -0.25) is 4.79 Å². The second-order valence-corrected chi connectivity index (χ2v) is 3.77. The number of carboxylic acid groups (broad SMARTS) is 1. The van der Waals surface area contributed by atoms with Crippen molar-refractivity contribution in [3.05, 3.63) is 0 Å². The summed E-state index contributed by atoms with van der Waals surface area (Å²) in [4.78, 5) is 21.4. The minimum atomic E-state index is -0.793. The number of aliphatic carboxylic acids is 1. The van der Waals surface area contributed by atoms with Crippen molar-refractivity contribution in [2.75, 3.05) is 0 Å². The summed E-state index contributed by atoms with van der Waals surface area (Å²) in [7, 11) is 0. The molecular weight excluding hydrogens is 360 g/mol. The molecule has 1 saturated heterocycles. The van der Waals surface area contributed by atoms with Gasteiger partial charge >= 0.3 is 12.1 Å². The Morgan fingerprint density at radius 2 is 2.21 bits per heavy atom. The van der Waals surface area contributed by atoms with E-state index in [2.05, 4.69) is 5.32 Å². The summed E-state index contributed by atoms with van der Waals surface area (Å²) < 4.78 is 4.90. The third-order valence-electron chi connectivity index (χ3n) is 2.98. The molecular formula is C8H11NO4Re. The monoisotopic (exact) mass is 372 g/mol. The van der Waals surface area contributed by atoms with Crippen molar-refractivity contribution in [3.8, 4) is 0 Å². The van der Waals surface area contributed by atoms with Crippen molar-refractivity contribution in [1.82, 2.24) is 5.32 Å². The molecule has 0 aromatic heterocycles. The Balaban J connectivity index is 0.000000980. The number of carbonyl (C=O) groups is 2. The second kappa shape index (κ2) is 3.52. The molecule has 2 fully saturated rings. The van der Waals surface area contributed by atoms with Gasteiger partial charge in [0.2, 0.25) is 0 Å². The molecule has 0 aromatic carbocycles. The van der Waals surface area contributed by atoms with Gasteiger partial charge in [0.1, 0.15) is 6.10 Å². The van der Waals surface area contributed by atoms with Gasteiger partial charge in [0.15, 0.2) is 0 Å². The number of rotatable bonds is 1. The summed E-state index contributed by atoms with van der Waals surface area (Å²) in [6.45, 7) is 1.79. The Morgan fingerprint density at radius 3 is 2.57 bits per heavy atom. The summed E-state index contributed by atoms with van der Waals surface area (Å²) in [6.07, 6.45) is 0.316. The molecule has 1 spiro atoms. The van der Waals surface area contributed by atoms with Crippen LogP contribution < -0.4 is 5.32 Å². The molecule has 2 N–H and O–H groups in total. The van der Waals surface area contributed by atoms with Crippen molar-refractivity contribution >= 4 is 12.1 Å². The fraction of sp³-hybridized carbons (Fsp3) is 0.750. The van der Waals surface area contributed by atoms with Crippen LogP contribution in [0, 0.1) is 5.92 Å². The molecule has 0 bridgehead atoms. The summed E-state index contributed by atoms with van der Waals surface area (Å²) in [5, 5.41) is 11.4. The number of hydrogen-bond donors (Lipinski definition) is 2. The minimum Gasteiger partial charge on any atom is -0.481 e. The molecule has 6 heteroatoms. The quantitative estimate of drug-likeness (QED) is 0.697. The van der Waals surface area contributed by atoms with Gasteiger partial charge in [-0.1, -0.05) is 0 Å². The molecule has 5 nitrogen and oxygen atoms in total. The maximum atomic E-state index is 10.9. The molecule has 14 heavy (non-hydrogen) atoms. The van der Waals surface area contributed by atoms with Crippen molar-refractivity contribution in [2.45, 2.75) is 31.4 Å². The first-order chi connectivity index (χ1) is 6.03. The van der Waals surface area contributed by atoms with Gasteiger partial charge in [0.25, 0.3) is 0 Å². The molecule has 2 aliphatic rings. The summed E-state index contributed by atoms with van der Waals surface area (Å²) in [6, 6.07) is 0. The number of nitrogens with one attached hydrogen (secondary N) is 1. The Labute approximate surface area is 94.8 Å². The Kier molecular flexibility index (Phi) is 2.89. The van der Waals surface area contributed by atoms with Crippen LogP contribution in [0.25, 0.3) is 0 Å². The predicted molar refractivity (Wildman–Crippen MR) is 42.2 cm³/mol. The number of cyclic esters (lactones) is 1. The SMILES string of the molecule is CC1OC(=O)NC12CC(C(=O)O)C2.[Re]. The second-order valence-electron chi connectivity index (χ2n) is 3.77. The first kappa shape index (κ1) is 11.5. The zero-order valence-electron chi connectivity index (χ0n) is 7.62. The molecule has 1 heterocycles. The van der Waals surface area contributed by atoms with E-state index >= 15 is 0 Å². The van der Waals surface area contributed by atoms with Crippen LogP contribution in [0.4, 0.5) is 4.79 Å². The predicted octanol–water partition coefficient (Wildman–Crippen LogP) is 0.346. The van der Waals surface area contributed by atoms with Gasteiger partial charge in [0, 0.05) is 20.4 Å². The van der Waals surface area contributed by atoms with Crippen LogP contribution in [-0.2, 0) is 30.0 Å². The van der Waals surface area contributed by atoms with Crippen LogP contribution >= 0.6 is 0 Å². The Morgan fingerprint density at radius 1 is 1.64 bits per heavy atom. The smallest absolute Gasteiger partial charge is 0.408 e. The van der Waals surface area contributed by atoms with E-state index in [4.69, 9.17) is 9.84 Å². The first-order valence-corrected chi connectivity index (χ1v) is 4.25. The molecule has 79 valence electrons. The largest absolute Gasteiger partial charge is 0.481 e. The molecule has 1 atom stereocenters. The molecule has 1 saturated carbocycles. The average Bonchev–Trinajstić information content (AvgIpc) is 2.21. The van der Waals surface area contributed by atoms with Crippen molar-refractivity contribution in [1.29, 1.82) is 0 Å². The molecule has 0 aromatic rings. The third kappa shape index (κ3) is 1.53. The van der Waals surface area contributed by atoms with Crippen molar-refractivity contribution in [2.24, 2.45) is 5.92 Å². The minimum absolute atomic E-state index is 0. The third-order valence-corrected chi connectivity index (χ3v) is 2.98. The molecule has 1 radical (unpaired) electrons. The topological polar surface area (TPSA) is 75.6 Å². The van der Waals surface area contributed by atoms with E-state index in [1.165, 1.54) is 0 Å². The van der Waals surface area contributed by atoms with E-state index in [1.807, 2.05) is 0 Å². The molecule has 1 amide bonds. The summed E-state index contributed by atoms with van der Waals surface area (Å²) >= 11 is 0. The van der Waals surface area contributed by atoms with E-state index in [-0.39, 0.29) is 32.4 Å². The fourth-order valence-electron chi connectivity index (χ4n) is 2.04. The number of alkyl carbamates (subject to hydrolysis) is 1. The van der Waals surface area contributed by atoms with Crippen LogP contribution in [0.3, 0.4) is 0 Å². The van der Waals surface area contributed by atoms with Crippen LogP contribution in [-0.4, -0.2) is 28.8 Å². The Bertz CT molecular complexity index is 275. The number of hydrogen-bond acceptors (Lipinski definition) is 3. The van der Waals surface area contributed by atoms with E-state index < -0.39 is 17.6 Å². The number of ether oxygens (including phenoxy) is 1. The maximum absolute atomic E-state index is 10.9. The standard InChI is InChI=1S/C8H11NO4.Re/c1-4-8(9-7(12)13-4)2-5(3-8)6(10)11;/h4-5H,2-3H2,1H3,(H,9,12)(H,10,11);. The van der Waals surface area contributed by atoms with Gasteiger partial charge in [-0.05, 0) is 19.8 Å². The van der Waals surface area contributed by atoms with Gasteiger partial charge in [-0.15, -0.1) is 0 Å². The molecule has 2 rings (SSSR count). The zero-order chi connectivity index (χ0) is 9.64. The molecule has 1 unspecified atom stereocenters. The fourth-order valence-corrected chi connectivity index (χ4v) is 2.04. The van der Waals surface area contributed by atoms with Crippen LogP contribution in [0.5, 0.6) is 0 Å². The molecule has 1 aliphatic carbocycles.